The SMILES string of the molecule is COc1cccc(/C=C/C(=O)OCC(=O)Nc2ccc(OC(F)F)c(Cl)c2)c1. The lowest BCUT2D eigenvalue weighted by Gasteiger charge is -2.09. The van der Waals surface area contributed by atoms with Crippen LogP contribution in [0.15, 0.2) is 48.5 Å². The minimum Gasteiger partial charge on any atom is -0.497 e. The lowest BCUT2D eigenvalue weighted by molar-refractivity contribution is -0.142. The highest BCUT2D eigenvalue weighted by Crippen LogP contribution is 2.28. The van der Waals surface area contributed by atoms with Crippen LogP contribution in [-0.4, -0.2) is 32.2 Å². The number of esters is 1. The zero-order valence-corrected chi connectivity index (χ0v) is 15.4. The lowest BCUT2D eigenvalue weighted by atomic mass is 10.2. The van der Waals surface area contributed by atoms with Crippen molar-refractivity contribution in [2.45, 2.75) is 6.61 Å². The van der Waals surface area contributed by atoms with Gasteiger partial charge in [0.2, 0.25) is 0 Å². The topological polar surface area (TPSA) is 73.9 Å². The van der Waals surface area contributed by atoms with E-state index in [0.29, 0.717) is 5.75 Å². The van der Waals surface area contributed by atoms with Crippen molar-refractivity contribution in [3.8, 4) is 11.5 Å². The quantitative estimate of drug-likeness (QED) is 0.522. The molecule has 6 nitrogen and oxygen atoms in total. The van der Waals surface area contributed by atoms with Gasteiger partial charge in [0, 0.05) is 11.8 Å². The molecule has 1 N–H and O–H groups in total. The molecule has 2 aromatic rings. The Morgan fingerprint density at radius 1 is 1.21 bits per heavy atom. The van der Waals surface area contributed by atoms with Crippen molar-refractivity contribution in [3.05, 3.63) is 59.1 Å². The van der Waals surface area contributed by atoms with Crippen LogP contribution in [-0.2, 0) is 14.3 Å². The van der Waals surface area contributed by atoms with Gasteiger partial charge in [-0.2, -0.15) is 8.78 Å². The van der Waals surface area contributed by atoms with E-state index in [2.05, 4.69) is 10.1 Å². The summed E-state index contributed by atoms with van der Waals surface area (Å²) in [4.78, 5) is 23.5. The number of alkyl halides is 2. The number of carbonyl (C=O) groups is 2. The fraction of sp³-hybridized carbons (Fsp3) is 0.158. The van der Waals surface area contributed by atoms with Crippen molar-refractivity contribution in [1.29, 1.82) is 0 Å². The van der Waals surface area contributed by atoms with E-state index in [9.17, 15) is 18.4 Å². The Hall–Kier alpha value is -3.13. The molecule has 0 saturated heterocycles. The summed E-state index contributed by atoms with van der Waals surface area (Å²) in [5, 5.41) is 2.32. The first-order valence-corrected chi connectivity index (χ1v) is 8.28. The third-order valence-electron chi connectivity index (χ3n) is 3.28. The van der Waals surface area contributed by atoms with Gasteiger partial charge < -0.3 is 19.5 Å². The summed E-state index contributed by atoms with van der Waals surface area (Å²) in [5.41, 5.74) is 0.959. The minimum absolute atomic E-state index is 0.101. The van der Waals surface area contributed by atoms with Gasteiger partial charge in [-0.05, 0) is 42.0 Å². The molecule has 0 aliphatic rings. The number of amides is 1. The fourth-order valence-electron chi connectivity index (χ4n) is 2.06. The van der Waals surface area contributed by atoms with Crippen LogP contribution in [0.3, 0.4) is 0 Å². The Balaban J connectivity index is 1.83. The van der Waals surface area contributed by atoms with Gasteiger partial charge in [-0.15, -0.1) is 0 Å². The fourth-order valence-corrected chi connectivity index (χ4v) is 2.29. The highest BCUT2D eigenvalue weighted by atomic mass is 35.5. The predicted octanol–water partition coefficient (Wildman–Crippen LogP) is 4.15. The number of hydrogen-bond donors (Lipinski definition) is 1. The van der Waals surface area contributed by atoms with Crippen molar-refractivity contribution in [2.75, 3.05) is 19.0 Å². The second-order valence-electron chi connectivity index (χ2n) is 5.29. The Morgan fingerprint density at radius 2 is 2.00 bits per heavy atom. The smallest absolute Gasteiger partial charge is 0.387 e. The lowest BCUT2D eigenvalue weighted by Crippen LogP contribution is -2.20. The average molecular weight is 412 g/mol. The number of nitrogens with one attached hydrogen (secondary N) is 1. The van der Waals surface area contributed by atoms with Crippen molar-refractivity contribution < 1.29 is 32.6 Å². The number of halogens is 3. The number of carbonyl (C=O) groups excluding carboxylic acids is 2. The van der Waals surface area contributed by atoms with Gasteiger partial charge in [0.15, 0.2) is 6.61 Å². The van der Waals surface area contributed by atoms with E-state index in [-0.39, 0.29) is 16.5 Å². The number of ether oxygens (including phenoxy) is 3. The van der Waals surface area contributed by atoms with Gasteiger partial charge in [0.25, 0.3) is 5.91 Å². The van der Waals surface area contributed by atoms with Crippen LogP contribution in [0.1, 0.15) is 5.56 Å². The maximum atomic E-state index is 12.2. The normalized spacial score (nSPS) is 10.8. The summed E-state index contributed by atoms with van der Waals surface area (Å²) in [6.07, 6.45) is 2.69. The van der Waals surface area contributed by atoms with E-state index in [0.717, 1.165) is 5.56 Å². The summed E-state index contributed by atoms with van der Waals surface area (Å²) in [7, 11) is 1.53. The molecule has 2 rings (SSSR count). The molecule has 0 bridgehead atoms. The largest absolute Gasteiger partial charge is 0.497 e. The Morgan fingerprint density at radius 3 is 2.68 bits per heavy atom. The first-order chi connectivity index (χ1) is 13.4. The highest BCUT2D eigenvalue weighted by Gasteiger charge is 2.11. The zero-order chi connectivity index (χ0) is 20.5. The summed E-state index contributed by atoms with van der Waals surface area (Å²) in [6, 6.07) is 10.8. The minimum atomic E-state index is -3.01. The summed E-state index contributed by atoms with van der Waals surface area (Å²) in [6.45, 7) is -3.55. The maximum Gasteiger partial charge on any atom is 0.387 e. The first kappa shape index (κ1) is 21.2. The van der Waals surface area contributed by atoms with Crippen molar-refractivity contribution in [2.24, 2.45) is 0 Å². The molecule has 9 heteroatoms. The van der Waals surface area contributed by atoms with E-state index in [4.69, 9.17) is 21.1 Å². The summed E-state index contributed by atoms with van der Waals surface area (Å²) in [5.74, 6) is -0.916. The highest BCUT2D eigenvalue weighted by molar-refractivity contribution is 6.32. The second kappa shape index (κ2) is 10.3. The molecule has 0 saturated carbocycles. The van der Waals surface area contributed by atoms with Crippen LogP contribution in [0.2, 0.25) is 5.02 Å². The van der Waals surface area contributed by atoms with Crippen LogP contribution < -0.4 is 14.8 Å². The van der Waals surface area contributed by atoms with E-state index in [1.807, 2.05) is 0 Å². The monoisotopic (exact) mass is 411 g/mol. The van der Waals surface area contributed by atoms with Crippen molar-refractivity contribution in [3.63, 3.8) is 0 Å². The standard InChI is InChI=1S/C19H16ClF2NO5/c1-26-14-4-2-3-12(9-14)5-8-18(25)27-11-17(24)23-13-6-7-16(15(20)10-13)28-19(21)22/h2-10,19H,11H2,1H3,(H,23,24)/b8-5+. The van der Waals surface area contributed by atoms with Crippen molar-refractivity contribution >= 4 is 35.2 Å². The molecule has 2 aromatic carbocycles. The Labute approximate surface area is 164 Å². The average Bonchev–Trinajstić information content (AvgIpc) is 2.66. The molecule has 1 amide bonds. The third kappa shape index (κ3) is 6.88. The van der Waals surface area contributed by atoms with Gasteiger partial charge in [-0.1, -0.05) is 23.7 Å². The predicted molar refractivity (Wildman–Crippen MR) is 99.7 cm³/mol. The summed E-state index contributed by atoms with van der Waals surface area (Å²) < 4.78 is 38.5. The molecule has 0 fully saturated rings. The number of rotatable bonds is 8. The third-order valence-corrected chi connectivity index (χ3v) is 3.58. The number of hydrogen-bond acceptors (Lipinski definition) is 5. The number of benzene rings is 2. The number of anilines is 1. The van der Waals surface area contributed by atoms with Crippen molar-refractivity contribution in [1.82, 2.24) is 0 Å². The molecule has 0 aromatic heterocycles. The van der Waals surface area contributed by atoms with Gasteiger partial charge in [0.1, 0.15) is 11.5 Å². The molecular weight excluding hydrogens is 396 g/mol. The molecule has 0 spiro atoms. The van der Waals surface area contributed by atoms with E-state index >= 15 is 0 Å². The summed E-state index contributed by atoms with van der Waals surface area (Å²) >= 11 is 5.79. The number of methoxy groups -OCH3 is 1. The molecule has 0 aliphatic carbocycles. The molecule has 0 radical (unpaired) electrons. The van der Waals surface area contributed by atoms with Gasteiger partial charge >= 0.3 is 12.6 Å². The van der Waals surface area contributed by atoms with Gasteiger partial charge in [-0.25, -0.2) is 4.79 Å². The Kier molecular flexibility index (Phi) is 7.76. The molecular formula is C19H16ClF2NO5. The zero-order valence-electron chi connectivity index (χ0n) is 14.7. The van der Waals surface area contributed by atoms with Crippen LogP contribution in [0.25, 0.3) is 6.08 Å². The van der Waals surface area contributed by atoms with E-state index in [1.165, 1.54) is 37.5 Å². The van der Waals surface area contributed by atoms with E-state index in [1.54, 1.807) is 24.3 Å². The second-order valence-corrected chi connectivity index (χ2v) is 5.70. The molecule has 148 valence electrons. The molecule has 0 atom stereocenters. The van der Waals surface area contributed by atoms with Crippen LogP contribution in [0.5, 0.6) is 11.5 Å². The molecule has 28 heavy (non-hydrogen) atoms. The van der Waals surface area contributed by atoms with E-state index < -0.39 is 25.1 Å². The van der Waals surface area contributed by atoms with Crippen LogP contribution >= 0.6 is 11.6 Å². The van der Waals surface area contributed by atoms with Gasteiger partial charge in [-0.3, -0.25) is 4.79 Å². The van der Waals surface area contributed by atoms with Crippen LogP contribution in [0, 0.1) is 0 Å². The first-order valence-electron chi connectivity index (χ1n) is 7.90. The maximum absolute atomic E-state index is 12.2. The molecule has 0 unspecified atom stereocenters. The Bertz CT molecular complexity index is 873. The molecule has 0 heterocycles. The van der Waals surface area contributed by atoms with Crippen LogP contribution in [0.4, 0.5) is 14.5 Å². The molecule has 0 aliphatic heterocycles. The van der Waals surface area contributed by atoms with Gasteiger partial charge in [0.05, 0.1) is 12.1 Å².